The number of nitrogens with zero attached hydrogens (tertiary/aromatic N) is 3. The normalized spacial score (nSPS) is 17.7. The summed E-state index contributed by atoms with van der Waals surface area (Å²) >= 11 is 0. The Balaban J connectivity index is 1.50. The van der Waals surface area contributed by atoms with E-state index in [9.17, 15) is 9.59 Å². The van der Waals surface area contributed by atoms with Crippen LogP contribution in [0.5, 0.6) is 0 Å². The van der Waals surface area contributed by atoms with Crippen LogP contribution in [0.2, 0.25) is 0 Å². The molecule has 2 saturated heterocycles. The summed E-state index contributed by atoms with van der Waals surface area (Å²) in [5, 5.41) is 0. The minimum Gasteiger partial charge on any atom is -0.466 e. The summed E-state index contributed by atoms with van der Waals surface area (Å²) in [5.41, 5.74) is 2.47. The summed E-state index contributed by atoms with van der Waals surface area (Å²) in [5.74, 6) is -0.105. The smallest absolute Gasteiger partial charge is 0.305 e. The van der Waals surface area contributed by atoms with Gasteiger partial charge in [0, 0.05) is 64.3 Å². The fraction of sp³-hybridized carbons (Fsp3) is 0.615. The number of hydrogen-bond donors (Lipinski definition) is 0. The van der Waals surface area contributed by atoms with Gasteiger partial charge in [0.15, 0.2) is 0 Å². The lowest BCUT2D eigenvalue weighted by Gasteiger charge is -2.36. The van der Waals surface area contributed by atoms with Crippen molar-refractivity contribution in [1.29, 1.82) is 0 Å². The van der Waals surface area contributed by atoms with Crippen LogP contribution in [0.4, 0.5) is 5.69 Å². The standard InChI is InChI=1S/C26H39N3O4/c1-3-19-33-24(22-9-7-10-23(20-22)28-13-5-6-14-28)21-27-15-17-29(18-16-27)25(30)11-8-12-26(31)32-4-2/h3,7,9-10,20,24H,1,4-6,8,11-19,21H2,2H3. The monoisotopic (exact) mass is 457 g/mol. The van der Waals surface area contributed by atoms with E-state index in [1.165, 1.54) is 24.1 Å². The Labute approximate surface area is 198 Å². The highest BCUT2D eigenvalue weighted by molar-refractivity contribution is 5.77. The van der Waals surface area contributed by atoms with Gasteiger partial charge in [0.25, 0.3) is 0 Å². The molecule has 2 heterocycles. The molecule has 7 heteroatoms. The van der Waals surface area contributed by atoms with Crippen molar-refractivity contribution in [3.8, 4) is 0 Å². The van der Waals surface area contributed by atoms with E-state index in [2.05, 4.69) is 40.6 Å². The lowest BCUT2D eigenvalue weighted by Crippen LogP contribution is -2.49. The molecule has 0 spiro atoms. The highest BCUT2D eigenvalue weighted by Crippen LogP contribution is 2.27. The van der Waals surface area contributed by atoms with Gasteiger partial charge in [0.1, 0.15) is 0 Å². The number of benzene rings is 1. The van der Waals surface area contributed by atoms with E-state index < -0.39 is 0 Å². The van der Waals surface area contributed by atoms with Crippen LogP contribution in [0.3, 0.4) is 0 Å². The molecular formula is C26H39N3O4. The molecule has 2 fully saturated rings. The third-order valence-electron chi connectivity index (χ3n) is 6.35. The minimum atomic E-state index is -0.227. The second kappa shape index (κ2) is 13.4. The lowest BCUT2D eigenvalue weighted by atomic mass is 10.1. The number of amides is 1. The molecule has 1 amide bonds. The molecule has 1 atom stereocenters. The van der Waals surface area contributed by atoms with E-state index in [4.69, 9.17) is 9.47 Å². The maximum Gasteiger partial charge on any atom is 0.305 e. The van der Waals surface area contributed by atoms with Gasteiger partial charge >= 0.3 is 5.97 Å². The number of carbonyl (C=O) groups excluding carboxylic acids is 2. The second-order valence-electron chi connectivity index (χ2n) is 8.74. The van der Waals surface area contributed by atoms with E-state index in [-0.39, 0.29) is 18.0 Å². The second-order valence-corrected chi connectivity index (χ2v) is 8.74. The highest BCUT2D eigenvalue weighted by Gasteiger charge is 2.24. The molecule has 1 unspecified atom stereocenters. The van der Waals surface area contributed by atoms with Crippen molar-refractivity contribution in [2.75, 3.05) is 63.9 Å². The van der Waals surface area contributed by atoms with E-state index in [1.54, 1.807) is 13.0 Å². The molecule has 3 rings (SSSR count). The number of piperazine rings is 1. The molecule has 0 aromatic heterocycles. The highest BCUT2D eigenvalue weighted by atomic mass is 16.5. The first-order chi connectivity index (χ1) is 16.1. The molecule has 0 bridgehead atoms. The van der Waals surface area contributed by atoms with Crippen LogP contribution in [-0.4, -0.2) is 80.7 Å². The first-order valence-electron chi connectivity index (χ1n) is 12.3. The first-order valence-corrected chi connectivity index (χ1v) is 12.3. The molecule has 1 aromatic carbocycles. The fourth-order valence-corrected chi connectivity index (χ4v) is 4.53. The fourth-order valence-electron chi connectivity index (χ4n) is 4.53. The maximum atomic E-state index is 12.5. The van der Waals surface area contributed by atoms with Gasteiger partial charge in [-0.1, -0.05) is 18.2 Å². The van der Waals surface area contributed by atoms with E-state index >= 15 is 0 Å². The minimum absolute atomic E-state index is 0.0302. The summed E-state index contributed by atoms with van der Waals surface area (Å²) in [7, 11) is 0. The third kappa shape index (κ3) is 7.86. The van der Waals surface area contributed by atoms with Crippen LogP contribution in [0, 0.1) is 0 Å². The topological polar surface area (TPSA) is 62.3 Å². The summed E-state index contributed by atoms with van der Waals surface area (Å²) in [6.45, 7) is 12.6. The van der Waals surface area contributed by atoms with Crippen LogP contribution >= 0.6 is 0 Å². The number of anilines is 1. The van der Waals surface area contributed by atoms with Crippen molar-refractivity contribution in [1.82, 2.24) is 9.80 Å². The van der Waals surface area contributed by atoms with Gasteiger partial charge in [-0.05, 0) is 43.9 Å². The zero-order chi connectivity index (χ0) is 23.5. The zero-order valence-electron chi connectivity index (χ0n) is 20.0. The van der Waals surface area contributed by atoms with Gasteiger partial charge in [0.05, 0.1) is 19.3 Å². The first kappa shape index (κ1) is 25.2. The molecule has 0 radical (unpaired) electrons. The summed E-state index contributed by atoms with van der Waals surface area (Å²) in [6.07, 6.45) is 5.52. The molecule has 0 N–H and O–H groups in total. The third-order valence-corrected chi connectivity index (χ3v) is 6.35. The average molecular weight is 458 g/mol. The number of esters is 1. The van der Waals surface area contributed by atoms with Crippen molar-refractivity contribution in [2.24, 2.45) is 0 Å². The Hall–Kier alpha value is -2.38. The van der Waals surface area contributed by atoms with Crippen molar-refractivity contribution in [3.63, 3.8) is 0 Å². The molecular weight excluding hydrogens is 418 g/mol. The molecule has 1 aromatic rings. The van der Waals surface area contributed by atoms with Crippen LogP contribution in [-0.2, 0) is 19.1 Å². The predicted molar refractivity (Wildman–Crippen MR) is 130 cm³/mol. The van der Waals surface area contributed by atoms with Crippen molar-refractivity contribution in [2.45, 2.75) is 45.1 Å². The molecule has 0 aliphatic carbocycles. The number of hydrogen-bond acceptors (Lipinski definition) is 6. The van der Waals surface area contributed by atoms with Gasteiger partial charge in [0.2, 0.25) is 5.91 Å². The summed E-state index contributed by atoms with van der Waals surface area (Å²) in [4.78, 5) is 30.7. The van der Waals surface area contributed by atoms with E-state index in [1.807, 2.05) is 4.90 Å². The number of ether oxygens (including phenoxy) is 2. The SMILES string of the molecule is C=CCOC(CN1CCN(C(=O)CCCC(=O)OCC)CC1)c1cccc(N2CCCC2)c1. The molecule has 0 saturated carbocycles. The Morgan fingerprint density at radius 2 is 1.85 bits per heavy atom. The van der Waals surface area contributed by atoms with E-state index in [0.29, 0.717) is 45.6 Å². The van der Waals surface area contributed by atoms with Crippen LogP contribution in [0.1, 0.15) is 50.7 Å². The van der Waals surface area contributed by atoms with Crippen LogP contribution in [0.15, 0.2) is 36.9 Å². The Bertz CT molecular complexity index is 771. The van der Waals surface area contributed by atoms with Gasteiger partial charge in [-0.15, -0.1) is 6.58 Å². The zero-order valence-corrected chi connectivity index (χ0v) is 20.0. The van der Waals surface area contributed by atoms with Gasteiger partial charge in [-0.25, -0.2) is 0 Å². The lowest BCUT2D eigenvalue weighted by molar-refractivity contribution is -0.143. The van der Waals surface area contributed by atoms with Gasteiger partial charge in [-0.3, -0.25) is 14.5 Å². The molecule has 2 aliphatic rings. The molecule has 33 heavy (non-hydrogen) atoms. The summed E-state index contributed by atoms with van der Waals surface area (Å²) in [6, 6.07) is 8.73. The van der Waals surface area contributed by atoms with Crippen molar-refractivity contribution >= 4 is 17.6 Å². The van der Waals surface area contributed by atoms with Gasteiger partial charge < -0.3 is 19.3 Å². The molecule has 7 nitrogen and oxygen atoms in total. The largest absolute Gasteiger partial charge is 0.466 e. The number of carbonyl (C=O) groups is 2. The maximum absolute atomic E-state index is 12.5. The Morgan fingerprint density at radius 3 is 2.55 bits per heavy atom. The number of rotatable bonds is 12. The van der Waals surface area contributed by atoms with E-state index in [0.717, 1.165) is 32.7 Å². The Morgan fingerprint density at radius 1 is 1.09 bits per heavy atom. The van der Waals surface area contributed by atoms with Gasteiger partial charge in [-0.2, -0.15) is 0 Å². The molecule has 182 valence electrons. The average Bonchev–Trinajstić information content (AvgIpc) is 3.37. The quantitative estimate of drug-likeness (QED) is 0.354. The summed E-state index contributed by atoms with van der Waals surface area (Å²) < 4.78 is 11.1. The predicted octanol–water partition coefficient (Wildman–Crippen LogP) is 3.41. The molecule has 2 aliphatic heterocycles. The van der Waals surface area contributed by atoms with Crippen molar-refractivity contribution in [3.05, 3.63) is 42.5 Å². The van der Waals surface area contributed by atoms with Crippen LogP contribution in [0.25, 0.3) is 0 Å². The van der Waals surface area contributed by atoms with Crippen molar-refractivity contribution < 1.29 is 19.1 Å². The Kier molecular flexibility index (Phi) is 10.2. The van der Waals surface area contributed by atoms with Crippen LogP contribution < -0.4 is 4.90 Å².